The van der Waals surface area contributed by atoms with Crippen LogP contribution in [0.3, 0.4) is 0 Å². The van der Waals surface area contributed by atoms with E-state index in [0.717, 1.165) is 16.7 Å². The maximum atomic E-state index is 12.3. The van der Waals surface area contributed by atoms with Gasteiger partial charge in [0.05, 0.1) is 6.42 Å². The standard InChI is InChI=1S/C14H18N2O7S/c1-6(2)11(14(22)23)16-12(21)10(13(16)24-7(3)17)15-8(18)4-5-9(19)20/h10,13H,4-5H2,1-3H3,(H,15,18)(H,19,20)(H,22,23). The van der Waals surface area contributed by atoms with Gasteiger partial charge in [-0.2, -0.15) is 0 Å². The number of β-lactam (4-membered cyclic amide) rings is 1. The summed E-state index contributed by atoms with van der Waals surface area (Å²) >= 11 is 0.728. The zero-order chi connectivity index (χ0) is 18.6. The molecule has 0 aromatic carbocycles. The van der Waals surface area contributed by atoms with Crippen molar-refractivity contribution in [3.8, 4) is 0 Å². The first-order valence-electron chi connectivity index (χ1n) is 6.98. The Hall–Kier alpha value is -2.36. The number of carbonyl (C=O) groups excluding carboxylic acids is 3. The van der Waals surface area contributed by atoms with E-state index < -0.39 is 41.6 Å². The summed E-state index contributed by atoms with van der Waals surface area (Å²) < 4.78 is 0. The Bertz CT molecular complexity index is 625. The zero-order valence-electron chi connectivity index (χ0n) is 13.4. The van der Waals surface area contributed by atoms with E-state index >= 15 is 0 Å². The van der Waals surface area contributed by atoms with E-state index in [4.69, 9.17) is 5.11 Å². The van der Waals surface area contributed by atoms with E-state index in [-0.39, 0.29) is 17.2 Å². The van der Waals surface area contributed by atoms with Gasteiger partial charge in [0.25, 0.3) is 5.91 Å². The van der Waals surface area contributed by atoms with E-state index in [1.54, 1.807) is 0 Å². The van der Waals surface area contributed by atoms with Crippen molar-refractivity contribution >= 4 is 40.6 Å². The van der Waals surface area contributed by atoms with Crippen molar-refractivity contribution in [2.75, 3.05) is 0 Å². The second-order valence-corrected chi connectivity index (χ2v) is 6.59. The quantitative estimate of drug-likeness (QED) is 0.432. The smallest absolute Gasteiger partial charge is 0.352 e. The lowest BCUT2D eigenvalue weighted by Crippen LogP contribution is -2.69. The molecule has 0 aliphatic carbocycles. The molecule has 0 aromatic rings. The molecule has 1 aliphatic heterocycles. The lowest BCUT2D eigenvalue weighted by molar-refractivity contribution is -0.150. The number of allylic oxidation sites excluding steroid dienone is 1. The average molecular weight is 358 g/mol. The number of nitrogens with zero attached hydrogens (tertiary/aromatic N) is 1. The summed E-state index contributed by atoms with van der Waals surface area (Å²) in [6.07, 6.45) is -0.708. The van der Waals surface area contributed by atoms with Gasteiger partial charge in [-0.1, -0.05) is 11.8 Å². The summed E-state index contributed by atoms with van der Waals surface area (Å²) in [5.41, 5.74) is 0.135. The van der Waals surface area contributed by atoms with Gasteiger partial charge in [0.15, 0.2) is 5.12 Å². The first kappa shape index (κ1) is 19.7. The van der Waals surface area contributed by atoms with Crippen molar-refractivity contribution in [1.29, 1.82) is 0 Å². The molecule has 132 valence electrons. The first-order chi connectivity index (χ1) is 11.1. The molecule has 1 aliphatic rings. The van der Waals surface area contributed by atoms with E-state index in [1.807, 2.05) is 0 Å². The SMILES string of the molecule is CC(=O)SC1C(NC(=O)CCC(=O)O)C(=O)N1C(C(=O)O)=C(C)C. The summed E-state index contributed by atoms with van der Waals surface area (Å²) in [6.45, 7) is 4.30. The Balaban J connectivity index is 2.95. The molecule has 1 rings (SSSR count). The largest absolute Gasteiger partial charge is 0.481 e. The molecule has 0 saturated carbocycles. The molecule has 2 atom stereocenters. The fourth-order valence-electron chi connectivity index (χ4n) is 2.15. The lowest BCUT2D eigenvalue weighted by atomic mass is 10.0. The predicted molar refractivity (Wildman–Crippen MR) is 83.7 cm³/mol. The molecule has 0 aromatic heterocycles. The summed E-state index contributed by atoms with van der Waals surface area (Å²) in [7, 11) is 0. The Morgan fingerprint density at radius 2 is 1.71 bits per heavy atom. The van der Waals surface area contributed by atoms with Gasteiger partial charge in [-0.05, 0) is 19.4 Å². The number of hydrogen-bond donors (Lipinski definition) is 3. The summed E-state index contributed by atoms with van der Waals surface area (Å²) in [5.74, 6) is -3.78. The van der Waals surface area contributed by atoms with Crippen LogP contribution in [0.25, 0.3) is 0 Å². The van der Waals surface area contributed by atoms with Crippen molar-refractivity contribution in [2.45, 2.75) is 45.0 Å². The monoisotopic (exact) mass is 358 g/mol. The van der Waals surface area contributed by atoms with Crippen molar-refractivity contribution in [3.63, 3.8) is 0 Å². The van der Waals surface area contributed by atoms with Gasteiger partial charge in [0.2, 0.25) is 5.91 Å². The number of hydrogen-bond acceptors (Lipinski definition) is 6. The summed E-state index contributed by atoms with van der Waals surface area (Å²) in [6, 6.07) is -1.08. The Kier molecular flexibility index (Phi) is 6.52. The average Bonchev–Trinajstić information content (AvgIpc) is 2.45. The molecule has 2 amide bonds. The maximum Gasteiger partial charge on any atom is 0.352 e. The molecule has 24 heavy (non-hydrogen) atoms. The molecule has 0 bridgehead atoms. The molecule has 9 nitrogen and oxygen atoms in total. The van der Waals surface area contributed by atoms with E-state index in [0.29, 0.717) is 5.57 Å². The van der Waals surface area contributed by atoms with Gasteiger partial charge < -0.3 is 15.5 Å². The maximum absolute atomic E-state index is 12.3. The number of carboxylic acid groups (broad SMARTS) is 2. The second-order valence-electron chi connectivity index (χ2n) is 5.30. The van der Waals surface area contributed by atoms with E-state index in [9.17, 15) is 29.1 Å². The zero-order valence-corrected chi connectivity index (χ0v) is 14.2. The van der Waals surface area contributed by atoms with Crippen LogP contribution in [0.5, 0.6) is 0 Å². The van der Waals surface area contributed by atoms with Crippen LogP contribution in [0.4, 0.5) is 0 Å². The number of carboxylic acids is 2. The Morgan fingerprint density at radius 3 is 2.12 bits per heavy atom. The number of carbonyl (C=O) groups is 5. The normalized spacial score (nSPS) is 19.3. The second kappa shape index (κ2) is 7.95. The van der Waals surface area contributed by atoms with Crippen LogP contribution in [0.2, 0.25) is 0 Å². The lowest BCUT2D eigenvalue weighted by Gasteiger charge is -2.46. The molecule has 1 heterocycles. The number of thioether (sulfide) groups is 1. The fraction of sp³-hybridized carbons (Fsp3) is 0.500. The minimum absolute atomic E-state index is 0.241. The van der Waals surface area contributed by atoms with E-state index in [1.165, 1.54) is 20.8 Å². The molecule has 3 N–H and O–H groups in total. The van der Waals surface area contributed by atoms with Gasteiger partial charge in [-0.15, -0.1) is 0 Å². The number of aliphatic carboxylic acids is 2. The first-order valence-corrected chi connectivity index (χ1v) is 7.86. The summed E-state index contributed by atoms with van der Waals surface area (Å²) in [5, 5.41) is 18.9. The van der Waals surface area contributed by atoms with Crippen LogP contribution < -0.4 is 5.32 Å². The Morgan fingerprint density at radius 1 is 1.12 bits per heavy atom. The highest BCUT2D eigenvalue weighted by atomic mass is 32.2. The Labute approximate surface area is 142 Å². The minimum Gasteiger partial charge on any atom is -0.481 e. The highest BCUT2D eigenvalue weighted by Gasteiger charge is 2.52. The number of amides is 2. The number of likely N-dealkylation sites (tertiary alicyclic amines) is 1. The van der Waals surface area contributed by atoms with Gasteiger partial charge in [-0.3, -0.25) is 24.1 Å². The van der Waals surface area contributed by atoms with Crippen molar-refractivity contribution < 1.29 is 34.2 Å². The van der Waals surface area contributed by atoms with Crippen molar-refractivity contribution in [2.24, 2.45) is 0 Å². The highest BCUT2D eigenvalue weighted by Crippen LogP contribution is 2.35. The van der Waals surface area contributed by atoms with Gasteiger partial charge in [-0.25, -0.2) is 4.79 Å². The van der Waals surface area contributed by atoms with Crippen LogP contribution in [0.1, 0.15) is 33.6 Å². The van der Waals surface area contributed by atoms with E-state index in [2.05, 4.69) is 5.32 Å². The number of rotatable bonds is 7. The third kappa shape index (κ3) is 4.57. The van der Waals surface area contributed by atoms with Gasteiger partial charge >= 0.3 is 11.9 Å². The third-order valence-electron chi connectivity index (χ3n) is 3.13. The number of nitrogens with one attached hydrogen (secondary N) is 1. The molecule has 1 saturated heterocycles. The predicted octanol–water partition coefficient (Wildman–Crippen LogP) is 0.163. The van der Waals surface area contributed by atoms with Crippen molar-refractivity contribution in [3.05, 3.63) is 11.3 Å². The fourth-order valence-corrected chi connectivity index (χ4v) is 3.12. The molecule has 1 fully saturated rings. The molecule has 2 unspecified atom stereocenters. The van der Waals surface area contributed by atoms with Crippen LogP contribution in [0.15, 0.2) is 11.3 Å². The van der Waals surface area contributed by atoms with Crippen LogP contribution in [-0.2, 0) is 24.0 Å². The molecular weight excluding hydrogens is 340 g/mol. The topological polar surface area (TPSA) is 141 Å². The van der Waals surface area contributed by atoms with Crippen LogP contribution in [0, 0.1) is 0 Å². The third-order valence-corrected chi connectivity index (χ3v) is 4.19. The van der Waals surface area contributed by atoms with Gasteiger partial charge in [0.1, 0.15) is 17.1 Å². The molecule has 10 heteroatoms. The summed E-state index contributed by atoms with van der Waals surface area (Å²) in [4.78, 5) is 58.1. The van der Waals surface area contributed by atoms with Crippen LogP contribution >= 0.6 is 11.8 Å². The van der Waals surface area contributed by atoms with Crippen LogP contribution in [-0.4, -0.2) is 55.4 Å². The molecular formula is C14H18N2O7S. The molecule has 0 radical (unpaired) electrons. The van der Waals surface area contributed by atoms with Gasteiger partial charge in [0, 0.05) is 13.3 Å². The molecule has 0 spiro atoms. The highest BCUT2D eigenvalue weighted by molar-refractivity contribution is 8.14. The minimum atomic E-state index is -1.31. The van der Waals surface area contributed by atoms with Crippen molar-refractivity contribution in [1.82, 2.24) is 10.2 Å².